The van der Waals surface area contributed by atoms with Crippen LogP contribution < -0.4 is 0 Å². The molecule has 0 aliphatic rings. The lowest BCUT2D eigenvalue weighted by atomic mass is 10.2. The number of rotatable bonds is 4. The summed E-state index contributed by atoms with van der Waals surface area (Å²) in [7, 11) is 0. The number of aromatic nitrogens is 1. The van der Waals surface area contributed by atoms with Crippen LogP contribution in [0.1, 0.15) is 11.1 Å². The first-order chi connectivity index (χ1) is 8.25. The molecule has 0 amide bonds. The molecule has 4 heteroatoms. The maximum absolute atomic E-state index is 6.02. The van der Waals surface area contributed by atoms with E-state index in [1.54, 1.807) is 12.3 Å². The highest BCUT2D eigenvalue weighted by Crippen LogP contribution is 2.16. The van der Waals surface area contributed by atoms with Crippen LogP contribution in [0.3, 0.4) is 0 Å². The van der Waals surface area contributed by atoms with Gasteiger partial charge in [0, 0.05) is 11.2 Å². The molecule has 0 unspecified atom stereocenters. The van der Waals surface area contributed by atoms with Gasteiger partial charge in [-0.3, -0.25) is 0 Å². The summed E-state index contributed by atoms with van der Waals surface area (Å²) in [6.45, 7) is 0.984. The Bertz CT molecular complexity index is 485. The first kappa shape index (κ1) is 12.4. The van der Waals surface area contributed by atoms with E-state index < -0.39 is 0 Å². The number of pyridine rings is 1. The average Bonchev–Trinajstić information content (AvgIpc) is 2.34. The minimum Gasteiger partial charge on any atom is -0.372 e. The second-order valence-corrected chi connectivity index (χ2v) is 4.37. The van der Waals surface area contributed by atoms with Gasteiger partial charge in [-0.1, -0.05) is 47.5 Å². The smallest absolute Gasteiger partial charge is 0.129 e. The summed E-state index contributed by atoms with van der Waals surface area (Å²) >= 11 is 11.7. The van der Waals surface area contributed by atoms with Crippen LogP contribution in [-0.4, -0.2) is 4.98 Å². The van der Waals surface area contributed by atoms with Gasteiger partial charge in [0.2, 0.25) is 0 Å². The molecule has 17 heavy (non-hydrogen) atoms. The SMILES string of the molecule is Clc1ccc(COCc2ccccc2Cl)cn1. The Balaban J connectivity index is 1.88. The van der Waals surface area contributed by atoms with E-state index in [-0.39, 0.29) is 0 Å². The summed E-state index contributed by atoms with van der Waals surface area (Å²) in [5, 5.41) is 1.21. The highest BCUT2D eigenvalue weighted by Gasteiger charge is 1.99. The number of nitrogens with zero attached hydrogens (tertiary/aromatic N) is 1. The van der Waals surface area contributed by atoms with Crippen molar-refractivity contribution in [1.29, 1.82) is 0 Å². The van der Waals surface area contributed by atoms with E-state index in [1.165, 1.54) is 0 Å². The minimum absolute atomic E-state index is 0.486. The molecule has 2 aromatic rings. The van der Waals surface area contributed by atoms with Crippen LogP contribution in [0.15, 0.2) is 42.6 Å². The second kappa shape index (κ2) is 6.01. The fourth-order valence-electron chi connectivity index (χ4n) is 1.39. The van der Waals surface area contributed by atoms with Crippen LogP contribution in [0.5, 0.6) is 0 Å². The Morgan fingerprint density at radius 2 is 1.82 bits per heavy atom. The van der Waals surface area contributed by atoms with Gasteiger partial charge in [0.15, 0.2) is 0 Å². The van der Waals surface area contributed by atoms with Gasteiger partial charge in [0.05, 0.1) is 13.2 Å². The normalized spacial score (nSPS) is 10.5. The van der Waals surface area contributed by atoms with Crippen LogP contribution in [-0.2, 0) is 18.0 Å². The maximum Gasteiger partial charge on any atom is 0.129 e. The van der Waals surface area contributed by atoms with Crippen molar-refractivity contribution in [1.82, 2.24) is 4.98 Å². The molecule has 1 heterocycles. The Morgan fingerprint density at radius 3 is 2.53 bits per heavy atom. The van der Waals surface area contributed by atoms with Crippen LogP contribution in [0, 0.1) is 0 Å². The number of halogens is 2. The molecule has 1 aromatic heterocycles. The highest BCUT2D eigenvalue weighted by molar-refractivity contribution is 6.31. The van der Waals surface area contributed by atoms with Crippen molar-refractivity contribution in [2.24, 2.45) is 0 Å². The van der Waals surface area contributed by atoms with E-state index in [4.69, 9.17) is 27.9 Å². The largest absolute Gasteiger partial charge is 0.372 e. The molecular formula is C13H11Cl2NO. The quantitative estimate of drug-likeness (QED) is 0.778. The second-order valence-electron chi connectivity index (χ2n) is 3.57. The third-order valence-electron chi connectivity index (χ3n) is 2.27. The van der Waals surface area contributed by atoms with E-state index in [2.05, 4.69) is 4.98 Å². The zero-order valence-electron chi connectivity index (χ0n) is 9.07. The first-order valence-electron chi connectivity index (χ1n) is 5.17. The van der Waals surface area contributed by atoms with Gasteiger partial charge in [-0.15, -0.1) is 0 Å². The number of ether oxygens (including phenoxy) is 1. The first-order valence-corrected chi connectivity index (χ1v) is 5.93. The molecule has 1 aromatic carbocycles. The van der Waals surface area contributed by atoms with Crippen molar-refractivity contribution < 1.29 is 4.74 Å². The van der Waals surface area contributed by atoms with Gasteiger partial charge in [-0.2, -0.15) is 0 Å². The Morgan fingerprint density at radius 1 is 1.00 bits per heavy atom. The van der Waals surface area contributed by atoms with Crippen molar-refractivity contribution in [3.8, 4) is 0 Å². The van der Waals surface area contributed by atoms with E-state index in [9.17, 15) is 0 Å². The lowest BCUT2D eigenvalue weighted by Gasteiger charge is -2.05. The van der Waals surface area contributed by atoms with Crippen LogP contribution in [0.2, 0.25) is 10.2 Å². The monoisotopic (exact) mass is 267 g/mol. The zero-order valence-corrected chi connectivity index (χ0v) is 10.6. The fraction of sp³-hybridized carbons (Fsp3) is 0.154. The van der Waals surface area contributed by atoms with E-state index in [1.807, 2.05) is 30.3 Å². The van der Waals surface area contributed by atoms with Gasteiger partial charge < -0.3 is 4.74 Å². The highest BCUT2D eigenvalue weighted by atomic mass is 35.5. The summed E-state index contributed by atoms with van der Waals surface area (Å²) in [6, 6.07) is 11.3. The van der Waals surface area contributed by atoms with Gasteiger partial charge in [0.1, 0.15) is 5.15 Å². The Kier molecular flexibility index (Phi) is 4.37. The van der Waals surface area contributed by atoms with Crippen molar-refractivity contribution in [3.63, 3.8) is 0 Å². The predicted octanol–water partition coefficient (Wildman–Crippen LogP) is 4.11. The van der Waals surface area contributed by atoms with E-state index >= 15 is 0 Å². The lowest BCUT2D eigenvalue weighted by molar-refractivity contribution is 0.107. The van der Waals surface area contributed by atoms with Gasteiger partial charge in [-0.25, -0.2) is 4.98 Å². The summed E-state index contributed by atoms with van der Waals surface area (Å²) < 4.78 is 5.56. The van der Waals surface area contributed by atoms with Gasteiger partial charge in [-0.05, 0) is 23.3 Å². The van der Waals surface area contributed by atoms with Gasteiger partial charge >= 0.3 is 0 Å². The summed E-state index contributed by atoms with van der Waals surface area (Å²) in [4.78, 5) is 3.98. The van der Waals surface area contributed by atoms with Crippen molar-refractivity contribution in [2.75, 3.05) is 0 Å². The molecule has 0 atom stereocenters. The summed E-state index contributed by atoms with van der Waals surface area (Å²) in [5.41, 5.74) is 1.97. The Labute approximate surface area is 110 Å². The molecule has 0 spiro atoms. The molecule has 88 valence electrons. The minimum atomic E-state index is 0.486. The number of hydrogen-bond donors (Lipinski definition) is 0. The molecule has 0 radical (unpaired) electrons. The van der Waals surface area contributed by atoms with Crippen LogP contribution in [0.4, 0.5) is 0 Å². The maximum atomic E-state index is 6.02. The van der Waals surface area contributed by atoms with Crippen molar-refractivity contribution >= 4 is 23.2 Å². The molecule has 0 bridgehead atoms. The topological polar surface area (TPSA) is 22.1 Å². The third-order valence-corrected chi connectivity index (χ3v) is 2.87. The predicted molar refractivity (Wildman–Crippen MR) is 69.2 cm³/mol. The average molecular weight is 268 g/mol. The lowest BCUT2D eigenvalue weighted by Crippen LogP contribution is -1.95. The van der Waals surface area contributed by atoms with Crippen LogP contribution >= 0.6 is 23.2 Å². The fourth-order valence-corrected chi connectivity index (χ4v) is 1.69. The van der Waals surface area contributed by atoms with E-state index in [0.29, 0.717) is 18.4 Å². The molecule has 2 nitrogen and oxygen atoms in total. The third kappa shape index (κ3) is 3.70. The molecule has 0 saturated carbocycles. The molecule has 0 aliphatic carbocycles. The number of benzene rings is 1. The Hall–Kier alpha value is -1.09. The van der Waals surface area contributed by atoms with Gasteiger partial charge in [0.25, 0.3) is 0 Å². The summed E-state index contributed by atoms with van der Waals surface area (Å²) in [5.74, 6) is 0. The number of hydrogen-bond acceptors (Lipinski definition) is 2. The zero-order chi connectivity index (χ0) is 12.1. The molecule has 0 fully saturated rings. The van der Waals surface area contributed by atoms with Crippen molar-refractivity contribution in [3.05, 3.63) is 63.9 Å². The molecule has 0 saturated heterocycles. The van der Waals surface area contributed by atoms with Crippen molar-refractivity contribution in [2.45, 2.75) is 13.2 Å². The molecule has 0 N–H and O–H groups in total. The standard InChI is InChI=1S/C13H11Cl2NO/c14-12-4-2-1-3-11(12)9-17-8-10-5-6-13(15)16-7-10/h1-7H,8-9H2. The van der Waals surface area contributed by atoms with Crippen LogP contribution in [0.25, 0.3) is 0 Å². The molecular weight excluding hydrogens is 257 g/mol. The van der Waals surface area contributed by atoms with E-state index in [0.717, 1.165) is 16.1 Å². The molecule has 2 rings (SSSR count). The summed E-state index contributed by atoms with van der Waals surface area (Å²) in [6.07, 6.45) is 1.70. The molecule has 0 aliphatic heterocycles.